The Bertz CT molecular complexity index is 1930. The van der Waals surface area contributed by atoms with Crippen molar-refractivity contribution in [2.75, 3.05) is 13.2 Å². The standard InChI is InChI=1S/C74H112O6/c1-4-7-10-13-16-19-22-25-28-30-32-33-34-35-36-37-38-39-40-41-42-44-46-49-52-55-58-61-64-67-73(76)79-70-71(69-78-72(75)66-63-60-57-54-51-48-45-27-24-21-18-15-12-9-6-3)80-74(77)68-65-62-59-56-53-50-47-43-31-29-26-23-20-17-14-11-8-5-2/h7,9-10,12,16,18-21,23,25,27-29,31-33,35-36,38-39,41-42,45-46,49,51,54-55,58,60,63,71H,4-6,8,11,13-15,17,22,24,26,30,34,37,40,43-44,47-48,50,52-53,56-57,59,61-62,64-70H2,1-3H3/b10-7-,12-9-,19-16-,21-18-,23-20-,28-25-,31-29-,33-32-,36-35-,39-38-,42-41-,45-27-,49-46-,54-51-,58-55-,63-60-. The van der Waals surface area contributed by atoms with Crippen molar-refractivity contribution >= 4 is 17.9 Å². The lowest BCUT2D eigenvalue weighted by atomic mass is 10.1. The van der Waals surface area contributed by atoms with Crippen LogP contribution in [0.15, 0.2) is 194 Å². The fraction of sp³-hybridized carbons (Fsp3) is 0.527. The zero-order valence-corrected chi connectivity index (χ0v) is 50.8. The molecule has 0 aromatic heterocycles. The van der Waals surface area contributed by atoms with E-state index >= 15 is 0 Å². The highest BCUT2D eigenvalue weighted by molar-refractivity contribution is 5.72. The topological polar surface area (TPSA) is 78.9 Å². The maximum atomic E-state index is 12.9. The van der Waals surface area contributed by atoms with Crippen LogP contribution < -0.4 is 0 Å². The van der Waals surface area contributed by atoms with Gasteiger partial charge in [-0.1, -0.05) is 267 Å². The summed E-state index contributed by atoms with van der Waals surface area (Å²) in [5.41, 5.74) is 0. The predicted molar refractivity (Wildman–Crippen MR) is 347 cm³/mol. The molecule has 0 aromatic carbocycles. The second kappa shape index (κ2) is 65.8. The molecule has 0 spiro atoms. The number of esters is 3. The van der Waals surface area contributed by atoms with Crippen molar-refractivity contribution in [3.63, 3.8) is 0 Å². The average molecular weight is 1100 g/mol. The molecule has 0 radical (unpaired) electrons. The van der Waals surface area contributed by atoms with Crippen molar-refractivity contribution in [1.82, 2.24) is 0 Å². The molecule has 6 nitrogen and oxygen atoms in total. The Balaban J connectivity index is 4.58. The first-order valence-electron chi connectivity index (χ1n) is 31.4. The van der Waals surface area contributed by atoms with Gasteiger partial charge in [0.05, 0.1) is 6.42 Å². The van der Waals surface area contributed by atoms with Gasteiger partial charge in [-0.05, 0) is 141 Å². The Kier molecular flexibility index (Phi) is 61.0. The third kappa shape index (κ3) is 63.1. The molecule has 0 aliphatic heterocycles. The van der Waals surface area contributed by atoms with Crippen LogP contribution in [0.2, 0.25) is 0 Å². The van der Waals surface area contributed by atoms with Crippen LogP contribution in [0.25, 0.3) is 0 Å². The molecule has 0 aliphatic rings. The quantitative estimate of drug-likeness (QED) is 0.0261. The molecular formula is C74H112O6. The van der Waals surface area contributed by atoms with Gasteiger partial charge < -0.3 is 14.2 Å². The molecule has 444 valence electrons. The van der Waals surface area contributed by atoms with Gasteiger partial charge >= 0.3 is 17.9 Å². The average Bonchev–Trinajstić information content (AvgIpc) is 3.46. The van der Waals surface area contributed by atoms with Gasteiger partial charge in [-0.2, -0.15) is 0 Å². The normalized spacial score (nSPS) is 13.5. The summed E-state index contributed by atoms with van der Waals surface area (Å²) in [4.78, 5) is 38.2. The lowest BCUT2D eigenvalue weighted by Gasteiger charge is -2.18. The minimum absolute atomic E-state index is 0.105. The molecular weight excluding hydrogens is 985 g/mol. The fourth-order valence-electron chi connectivity index (χ4n) is 7.72. The van der Waals surface area contributed by atoms with Crippen molar-refractivity contribution in [3.8, 4) is 0 Å². The molecule has 0 fully saturated rings. The Morgan fingerprint density at radius 2 is 0.550 bits per heavy atom. The van der Waals surface area contributed by atoms with Crippen LogP contribution in [-0.2, 0) is 28.6 Å². The van der Waals surface area contributed by atoms with Gasteiger partial charge in [0.25, 0.3) is 0 Å². The van der Waals surface area contributed by atoms with E-state index in [2.05, 4.69) is 203 Å². The highest BCUT2D eigenvalue weighted by atomic mass is 16.6. The zero-order chi connectivity index (χ0) is 57.8. The maximum absolute atomic E-state index is 12.9. The second-order valence-electron chi connectivity index (χ2n) is 19.9. The first-order valence-corrected chi connectivity index (χ1v) is 31.4. The van der Waals surface area contributed by atoms with E-state index in [-0.39, 0.29) is 44.4 Å². The van der Waals surface area contributed by atoms with E-state index in [1.165, 1.54) is 51.4 Å². The summed E-state index contributed by atoms with van der Waals surface area (Å²) < 4.78 is 16.7. The number of rotatable bonds is 54. The van der Waals surface area contributed by atoms with Crippen molar-refractivity contribution in [2.45, 2.75) is 239 Å². The van der Waals surface area contributed by atoms with Gasteiger partial charge in [0, 0.05) is 12.8 Å². The lowest BCUT2D eigenvalue weighted by Crippen LogP contribution is -2.30. The molecule has 0 aliphatic carbocycles. The molecule has 1 atom stereocenters. The van der Waals surface area contributed by atoms with Gasteiger partial charge in [-0.15, -0.1) is 0 Å². The molecule has 0 saturated heterocycles. The number of allylic oxidation sites excluding steroid dienone is 31. The van der Waals surface area contributed by atoms with Crippen LogP contribution in [0.3, 0.4) is 0 Å². The SMILES string of the molecule is CC/C=C\C/C=C\C/C=C\C/C=C\C/C=C\C/C=C\C/C=C\C/C=C\C/C=C\CCCC(=O)OCC(COC(=O)C/C=C\C/C=C\C/C=C\C/C=C\C/C=C\CC)OC(=O)CCCCCCCCC/C=C\C/C=C\CCCCCC. The zero-order valence-electron chi connectivity index (χ0n) is 50.8. The number of hydrogen-bond donors (Lipinski definition) is 0. The Morgan fingerprint density at radius 1 is 0.275 bits per heavy atom. The summed E-state index contributed by atoms with van der Waals surface area (Å²) in [5, 5.41) is 0. The van der Waals surface area contributed by atoms with Gasteiger partial charge in [0.2, 0.25) is 0 Å². The summed E-state index contributed by atoms with van der Waals surface area (Å²) in [6, 6.07) is 0. The van der Waals surface area contributed by atoms with Crippen molar-refractivity contribution in [2.24, 2.45) is 0 Å². The van der Waals surface area contributed by atoms with E-state index in [9.17, 15) is 14.4 Å². The van der Waals surface area contributed by atoms with Crippen molar-refractivity contribution < 1.29 is 28.6 Å². The minimum Gasteiger partial charge on any atom is -0.462 e. The van der Waals surface area contributed by atoms with Gasteiger partial charge in [-0.25, -0.2) is 0 Å². The summed E-state index contributed by atoms with van der Waals surface area (Å²) in [6.45, 7) is 6.23. The summed E-state index contributed by atoms with van der Waals surface area (Å²) in [7, 11) is 0. The molecule has 6 heteroatoms. The van der Waals surface area contributed by atoms with Crippen LogP contribution in [0.5, 0.6) is 0 Å². The van der Waals surface area contributed by atoms with Crippen LogP contribution >= 0.6 is 0 Å². The van der Waals surface area contributed by atoms with Crippen LogP contribution in [-0.4, -0.2) is 37.2 Å². The number of unbranched alkanes of at least 4 members (excludes halogenated alkanes) is 12. The molecule has 0 aromatic rings. The Morgan fingerprint density at radius 3 is 0.912 bits per heavy atom. The second-order valence-corrected chi connectivity index (χ2v) is 19.9. The fourth-order valence-corrected chi connectivity index (χ4v) is 7.72. The van der Waals surface area contributed by atoms with E-state index in [0.717, 1.165) is 128 Å². The van der Waals surface area contributed by atoms with Crippen LogP contribution in [0.4, 0.5) is 0 Å². The number of carbonyl (C=O) groups is 3. The first kappa shape index (κ1) is 74.2. The summed E-state index contributed by atoms with van der Waals surface area (Å²) in [6.07, 6.45) is 100. The molecule has 0 amide bonds. The van der Waals surface area contributed by atoms with Gasteiger partial charge in [0.1, 0.15) is 13.2 Å². The van der Waals surface area contributed by atoms with Gasteiger partial charge in [0.15, 0.2) is 6.10 Å². The third-order valence-electron chi connectivity index (χ3n) is 12.3. The monoisotopic (exact) mass is 1100 g/mol. The molecule has 0 saturated carbocycles. The molecule has 1 unspecified atom stereocenters. The van der Waals surface area contributed by atoms with Gasteiger partial charge in [-0.3, -0.25) is 14.4 Å². The summed E-state index contributed by atoms with van der Waals surface area (Å²) in [5.74, 6) is -1.16. The lowest BCUT2D eigenvalue weighted by molar-refractivity contribution is -0.166. The molecule has 0 heterocycles. The van der Waals surface area contributed by atoms with Crippen LogP contribution in [0.1, 0.15) is 233 Å². The summed E-state index contributed by atoms with van der Waals surface area (Å²) >= 11 is 0. The third-order valence-corrected chi connectivity index (χ3v) is 12.3. The Labute approximate surface area is 490 Å². The van der Waals surface area contributed by atoms with E-state index in [1.54, 1.807) is 6.08 Å². The number of hydrogen-bond acceptors (Lipinski definition) is 6. The van der Waals surface area contributed by atoms with E-state index in [1.807, 2.05) is 6.08 Å². The first-order chi connectivity index (χ1) is 39.5. The highest BCUT2D eigenvalue weighted by Crippen LogP contribution is 2.13. The van der Waals surface area contributed by atoms with Crippen LogP contribution in [0, 0.1) is 0 Å². The van der Waals surface area contributed by atoms with Crippen molar-refractivity contribution in [3.05, 3.63) is 194 Å². The molecule has 0 N–H and O–H groups in total. The maximum Gasteiger partial charge on any atom is 0.309 e. The minimum atomic E-state index is -0.859. The Hall–Kier alpha value is -5.75. The number of ether oxygens (including phenoxy) is 3. The highest BCUT2D eigenvalue weighted by Gasteiger charge is 2.19. The molecule has 0 rings (SSSR count). The largest absolute Gasteiger partial charge is 0.462 e. The molecule has 80 heavy (non-hydrogen) atoms. The smallest absolute Gasteiger partial charge is 0.309 e. The van der Waals surface area contributed by atoms with Crippen molar-refractivity contribution in [1.29, 1.82) is 0 Å². The predicted octanol–water partition coefficient (Wildman–Crippen LogP) is 21.8. The van der Waals surface area contributed by atoms with E-state index in [4.69, 9.17) is 14.2 Å². The molecule has 0 bridgehead atoms. The van der Waals surface area contributed by atoms with E-state index < -0.39 is 12.1 Å². The van der Waals surface area contributed by atoms with E-state index in [0.29, 0.717) is 12.8 Å². The number of carbonyl (C=O) groups excluding carboxylic acids is 3.